The molecule has 4 nitrogen and oxygen atoms in total. The SMILES string of the molecule is CCCOC(=O)c1ccc2c(c1)COc1cc(F)cc(F)c1/C2=C(\C)C#N. The Hall–Kier alpha value is -3.20. The van der Waals surface area contributed by atoms with Gasteiger partial charge in [-0.05, 0) is 36.6 Å². The van der Waals surface area contributed by atoms with E-state index in [2.05, 4.69) is 0 Å². The van der Waals surface area contributed by atoms with E-state index in [-0.39, 0.29) is 23.5 Å². The highest BCUT2D eigenvalue weighted by Gasteiger charge is 2.26. The van der Waals surface area contributed by atoms with Crippen molar-refractivity contribution in [3.8, 4) is 11.8 Å². The number of fused-ring (bicyclic) bond motifs is 2. The Kier molecular flexibility index (Phi) is 5.22. The number of carbonyl (C=O) groups is 1. The second kappa shape index (κ2) is 7.58. The van der Waals surface area contributed by atoms with Crippen molar-refractivity contribution in [2.45, 2.75) is 26.9 Å². The molecule has 2 aromatic rings. The van der Waals surface area contributed by atoms with E-state index in [1.807, 2.05) is 13.0 Å². The Balaban J connectivity index is 2.18. The molecule has 0 aliphatic carbocycles. The van der Waals surface area contributed by atoms with Gasteiger partial charge in [0.15, 0.2) is 0 Å². The normalized spacial score (nSPS) is 14.2. The van der Waals surface area contributed by atoms with Crippen molar-refractivity contribution in [3.63, 3.8) is 0 Å². The van der Waals surface area contributed by atoms with E-state index < -0.39 is 17.6 Å². The van der Waals surface area contributed by atoms with E-state index in [0.717, 1.165) is 12.1 Å². The van der Waals surface area contributed by atoms with Crippen molar-refractivity contribution >= 4 is 11.5 Å². The van der Waals surface area contributed by atoms with Gasteiger partial charge in [0.05, 0.1) is 23.8 Å². The first-order chi connectivity index (χ1) is 13.0. The molecule has 0 unspecified atom stereocenters. The third kappa shape index (κ3) is 3.54. The van der Waals surface area contributed by atoms with Crippen molar-refractivity contribution in [3.05, 3.63) is 69.8 Å². The standard InChI is InChI=1S/C21H17F2NO3/c1-3-6-26-21(25)13-4-5-16-14(7-13)11-27-18-9-15(22)8-17(23)20(18)19(16)12(2)10-24/h4-5,7-9H,3,6,11H2,1-2H3/b19-12+. The Bertz CT molecular complexity index is 990. The van der Waals surface area contributed by atoms with Crippen LogP contribution in [-0.4, -0.2) is 12.6 Å². The third-order valence-corrected chi connectivity index (χ3v) is 4.24. The number of carbonyl (C=O) groups excluding carboxylic acids is 1. The number of esters is 1. The van der Waals surface area contributed by atoms with Crippen LogP contribution in [0.25, 0.3) is 5.57 Å². The maximum absolute atomic E-state index is 14.6. The molecule has 0 amide bonds. The van der Waals surface area contributed by atoms with Crippen LogP contribution in [0.15, 0.2) is 35.9 Å². The van der Waals surface area contributed by atoms with Crippen molar-refractivity contribution in [1.29, 1.82) is 5.26 Å². The highest BCUT2D eigenvalue weighted by Crippen LogP contribution is 2.40. The van der Waals surface area contributed by atoms with E-state index in [0.29, 0.717) is 35.3 Å². The number of halogens is 2. The molecular formula is C21H17F2NO3. The molecule has 0 atom stereocenters. The lowest BCUT2D eigenvalue weighted by Gasteiger charge is -2.13. The van der Waals surface area contributed by atoms with Gasteiger partial charge in [0.1, 0.15) is 24.0 Å². The Morgan fingerprint density at radius 3 is 2.78 bits per heavy atom. The molecule has 0 saturated carbocycles. The fraction of sp³-hybridized carbons (Fsp3) is 0.238. The summed E-state index contributed by atoms with van der Waals surface area (Å²) in [7, 11) is 0. The van der Waals surface area contributed by atoms with E-state index in [9.17, 15) is 18.8 Å². The monoisotopic (exact) mass is 369 g/mol. The molecule has 0 aromatic heterocycles. The average molecular weight is 369 g/mol. The lowest BCUT2D eigenvalue weighted by molar-refractivity contribution is 0.0505. The predicted octanol–water partition coefficient (Wildman–Crippen LogP) is 4.77. The lowest BCUT2D eigenvalue weighted by Crippen LogP contribution is -2.08. The molecule has 1 aliphatic rings. The second-order valence-electron chi connectivity index (χ2n) is 6.17. The van der Waals surface area contributed by atoms with Gasteiger partial charge in [-0.3, -0.25) is 0 Å². The second-order valence-corrected chi connectivity index (χ2v) is 6.17. The summed E-state index contributed by atoms with van der Waals surface area (Å²) in [6.07, 6.45) is 0.703. The van der Waals surface area contributed by atoms with E-state index >= 15 is 0 Å². The molecule has 1 aliphatic heterocycles. The fourth-order valence-electron chi connectivity index (χ4n) is 3.00. The molecule has 1 heterocycles. The molecule has 3 rings (SSSR count). The molecule has 0 radical (unpaired) electrons. The zero-order valence-corrected chi connectivity index (χ0v) is 14.9. The van der Waals surface area contributed by atoms with Gasteiger partial charge in [0.2, 0.25) is 0 Å². The highest BCUT2D eigenvalue weighted by atomic mass is 19.1. The number of rotatable bonds is 3. The largest absolute Gasteiger partial charge is 0.488 e. The van der Waals surface area contributed by atoms with Crippen LogP contribution in [0.3, 0.4) is 0 Å². The van der Waals surface area contributed by atoms with Crippen molar-refractivity contribution in [2.24, 2.45) is 0 Å². The number of benzene rings is 2. The fourth-order valence-corrected chi connectivity index (χ4v) is 3.00. The summed E-state index contributed by atoms with van der Waals surface area (Å²) < 4.78 is 39.0. The van der Waals surface area contributed by atoms with Crippen LogP contribution in [0.2, 0.25) is 0 Å². The molecular weight excluding hydrogens is 352 g/mol. The van der Waals surface area contributed by atoms with Crippen molar-refractivity contribution in [1.82, 2.24) is 0 Å². The summed E-state index contributed by atoms with van der Waals surface area (Å²) >= 11 is 0. The van der Waals surface area contributed by atoms with E-state index in [1.165, 1.54) is 0 Å². The molecule has 27 heavy (non-hydrogen) atoms. The van der Waals surface area contributed by atoms with Gasteiger partial charge < -0.3 is 9.47 Å². The molecule has 138 valence electrons. The van der Waals surface area contributed by atoms with Gasteiger partial charge in [0, 0.05) is 23.3 Å². The lowest BCUT2D eigenvalue weighted by atomic mass is 9.90. The third-order valence-electron chi connectivity index (χ3n) is 4.24. The summed E-state index contributed by atoms with van der Waals surface area (Å²) in [5, 5.41) is 9.40. The zero-order valence-electron chi connectivity index (χ0n) is 14.9. The Labute approximate surface area is 155 Å². The van der Waals surface area contributed by atoms with Gasteiger partial charge in [-0.25, -0.2) is 13.6 Å². The quantitative estimate of drug-likeness (QED) is 0.578. The van der Waals surface area contributed by atoms with Crippen LogP contribution >= 0.6 is 0 Å². The predicted molar refractivity (Wildman–Crippen MR) is 95.0 cm³/mol. The van der Waals surface area contributed by atoms with Gasteiger partial charge >= 0.3 is 5.97 Å². The highest BCUT2D eigenvalue weighted by molar-refractivity contribution is 5.93. The summed E-state index contributed by atoms with van der Waals surface area (Å²) in [5.41, 5.74) is 2.10. The van der Waals surface area contributed by atoms with Crippen LogP contribution < -0.4 is 4.74 Å². The summed E-state index contributed by atoms with van der Waals surface area (Å²) in [4.78, 5) is 12.1. The van der Waals surface area contributed by atoms with Gasteiger partial charge in [0.25, 0.3) is 0 Å². The number of nitrogens with zero attached hydrogens (tertiary/aromatic N) is 1. The minimum Gasteiger partial charge on any atom is -0.488 e. The first-order valence-electron chi connectivity index (χ1n) is 8.49. The molecule has 0 saturated heterocycles. The van der Waals surface area contributed by atoms with Crippen LogP contribution in [0.5, 0.6) is 5.75 Å². The van der Waals surface area contributed by atoms with Crippen molar-refractivity contribution < 1.29 is 23.0 Å². The summed E-state index contributed by atoms with van der Waals surface area (Å²) in [6.45, 7) is 3.76. The minimum atomic E-state index is -0.811. The van der Waals surface area contributed by atoms with Gasteiger partial charge in [-0.15, -0.1) is 0 Å². The topological polar surface area (TPSA) is 59.3 Å². The van der Waals surface area contributed by atoms with Crippen LogP contribution in [0, 0.1) is 23.0 Å². The zero-order chi connectivity index (χ0) is 19.6. The van der Waals surface area contributed by atoms with Gasteiger partial charge in [-0.1, -0.05) is 13.0 Å². The molecule has 2 aromatic carbocycles. The summed E-state index contributed by atoms with van der Waals surface area (Å²) in [5.74, 6) is -2.03. The average Bonchev–Trinajstić information content (AvgIpc) is 2.82. The van der Waals surface area contributed by atoms with Crippen LogP contribution in [-0.2, 0) is 11.3 Å². The van der Waals surface area contributed by atoms with E-state index in [4.69, 9.17) is 9.47 Å². The number of ether oxygens (including phenoxy) is 2. The number of hydrogen-bond acceptors (Lipinski definition) is 4. The minimum absolute atomic E-state index is 0.00231. The van der Waals surface area contributed by atoms with Crippen LogP contribution in [0.4, 0.5) is 8.78 Å². The molecule has 0 spiro atoms. The van der Waals surface area contributed by atoms with E-state index in [1.54, 1.807) is 25.1 Å². The summed E-state index contributed by atoms with van der Waals surface area (Å²) in [6, 6.07) is 8.66. The maximum Gasteiger partial charge on any atom is 0.338 e. The Morgan fingerprint density at radius 2 is 2.07 bits per heavy atom. The van der Waals surface area contributed by atoms with Crippen LogP contribution in [0.1, 0.15) is 47.3 Å². The Morgan fingerprint density at radius 1 is 1.30 bits per heavy atom. The molecule has 0 fully saturated rings. The number of hydrogen-bond donors (Lipinski definition) is 0. The first-order valence-corrected chi connectivity index (χ1v) is 8.49. The number of nitriles is 1. The van der Waals surface area contributed by atoms with Gasteiger partial charge in [-0.2, -0.15) is 5.26 Å². The maximum atomic E-state index is 14.6. The van der Waals surface area contributed by atoms with Crippen molar-refractivity contribution in [2.75, 3.05) is 6.61 Å². The molecule has 0 N–H and O–H groups in total. The first kappa shape index (κ1) is 18.6. The molecule has 0 bridgehead atoms. The number of allylic oxidation sites excluding steroid dienone is 1. The smallest absolute Gasteiger partial charge is 0.338 e. The molecule has 6 heteroatoms.